The highest BCUT2D eigenvalue weighted by molar-refractivity contribution is 5.32. The first-order valence-electron chi connectivity index (χ1n) is 7.60. The molecule has 2 heteroatoms. The molecule has 2 rings (SSSR count). The van der Waals surface area contributed by atoms with Crippen molar-refractivity contribution in [2.24, 2.45) is 17.6 Å². The van der Waals surface area contributed by atoms with Crippen molar-refractivity contribution in [3.63, 3.8) is 0 Å². The van der Waals surface area contributed by atoms with E-state index in [4.69, 9.17) is 10.5 Å². The van der Waals surface area contributed by atoms with E-state index in [0.717, 1.165) is 25.2 Å². The minimum Gasteiger partial charge on any atom is -0.494 e. The third-order valence-electron chi connectivity index (χ3n) is 4.78. The first-order valence-corrected chi connectivity index (χ1v) is 7.60. The van der Waals surface area contributed by atoms with Crippen molar-refractivity contribution in [3.05, 3.63) is 29.8 Å². The van der Waals surface area contributed by atoms with Crippen LogP contribution >= 0.6 is 0 Å². The summed E-state index contributed by atoms with van der Waals surface area (Å²) in [5, 5.41) is 0. The molecule has 0 spiro atoms. The van der Waals surface area contributed by atoms with E-state index in [2.05, 4.69) is 45.0 Å². The predicted octanol–water partition coefficient (Wildman–Crippen LogP) is 4.09. The van der Waals surface area contributed by atoms with Crippen molar-refractivity contribution >= 4 is 0 Å². The Morgan fingerprint density at radius 2 is 1.95 bits per heavy atom. The second-order valence-electron chi connectivity index (χ2n) is 6.07. The molecule has 1 aromatic carbocycles. The number of benzene rings is 1. The standard InChI is InChI=1S/C17H27NO/c1-4-12-19-16-9-7-15(8-10-16)17(18)11-5-6-13(2)14(17)3/h7-10,13-14H,4-6,11-12,18H2,1-3H3. The van der Waals surface area contributed by atoms with Gasteiger partial charge in [0, 0.05) is 5.54 Å². The highest BCUT2D eigenvalue weighted by Crippen LogP contribution is 2.42. The van der Waals surface area contributed by atoms with Gasteiger partial charge < -0.3 is 10.5 Å². The van der Waals surface area contributed by atoms with Gasteiger partial charge in [-0.15, -0.1) is 0 Å². The maximum absolute atomic E-state index is 6.72. The van der Waals surface area contributed by atoms with Gasteiger partial charge in [-0.25, -0.2) is 0 Å². The van der Waals surface area contributed by atoms with Gasteiger partial charge in [0.25, 0.3) is 0 Å². The normalized spacial score (nSPS) is 31.2. The quantitative estimate of drug-likeness (QED) is 0.886. The number of hydrogen-bond acceptors (Lipinski definition) is 2. The minimum atomic E-state index is -0.166. The van der Waals surface area contributed by atoms with Crippen molar-refractivity contribution in [2.45, 2.75) is 52.0 Å². The van der Waals surface area contributed by atoms with Crippen LogP contribution in [0.1, 0.15) is 52.0 Å². The monoisotopic (exact) mass is 261 g/mol. The number of rotatable bonds is 4. The lowest BCUT2D eigenvalue weighted by atomic mass is 9.66. The molecule has 1 aliphatic rings. The lowest BCUT2D eigenvalue weighted by Gasteiger charge is -2.43. The van der Waals surface area contributed by atoms with Gasteiger partial charge in [0.2, 0.25) is 0 Å². The third kappa shape index (κ3) is 2.94. The van der Waals surface area contributed by atoms with E-state index in [1.54, 1.807) is 0 Å². The molecule has 19 heavy (non-hydrogen) atoms. The molecule has 0 aliphatic heterocycles. The fourth-order valence-electron chi connectivity index (χ4n) is 3.19. The molecule has 0 aromatic heterocycles. The lowest BCUT2D eigenvalue weighted by molar-refractivity contribution is 0.143. The van der Waals surface area contributed by atoms with Crippen LogP contribution in [0.5, 0.6) is 5.75 Å². The van der Waals surface area contributed by atoms with Gasteiger partial charge in [-0.05, 0) is 42.4 Å². The fourth-order valence-corrected chi connectivity index (χ4v) is 3.19. The van der Waals surface area contributed by atoms with Crippen molar-refractivity contribution in [2.75, 3.05) is 6.61 Å². The molecule has 0 saturated heterocycles. The van der Waals surface area contributed by atoms with Crippen molar-refractivity contribution in [1.29, 1.82) is 0 Å². The van der Waals surface area contributed by atoms with E-state index in [1.165, 1.54) is 18.4 Å². The molecule has 3 unspecified atom stereocenters. The number of nitrogens with two attached hydrogens (primary N) is 1. The van der Waals surface area contributed by atoms with Gasteiger partial charge >= 0.3 is 0 Å². The lowest BCUT2D eigenvalue weighted by Crippen LogP contribution is -2.48. The molecule has 0 bridgehead atoms. The third-order valence-corrected chi connectivity index (χ3v) is 4.78. The summed E-state index contributed by atoms with van der Waals surface area (Å²) in [5.74, 6) is 2.18. The molecule has 1 fully saturated rings. The SMILES string of the molecule is CCCOc1ccc(C2(N)CCCC(C)C2C)cc1. The maximum atomic E-state index is 6.72. The summed E-state index contributed by atoms with van der Waals surface area (Å²) in [4.78, 5) is 0. The summed E-state index contributed by atoms with van der Waals surface area (Å²) in [6.07, 6.45) is 4.67. The minimum absolute atomic E-state index is 0.166. The Morgan fingerprint density at radius 3 is 2.58 bits per heavy atom. The molecular weight excluding hydrogens is 234 g/mol. The van der Waals surface area contributed by atoms with Crippen LogP contribution < -0.4 is 10.5 Å². The number of ether oxygens (including phenoxy) is 1. The smallest absolute Gasteiger partial charge is 0.119 e. The highest BCUT2D eigenvalue weighted by atomic mass is 16.5. The van der Waals surface area contributed by atoms with Crippen LogP contribution in [0.25, 0.3) is 0 Å². The van der Waals surface area contributed by atoms with Crippen LogP contribution in [0.15, 0.2) is 24.3 Å². The van der Waals surface area contributed by atoms with Crippen LogP contribution in [0.4, 0.5) is 0 Å². The Hall–Kier alpha value is -1.02. The van der Waals surface area contributed by atoms with Gasteiger partial charge in [-0.1, -0.05) is 45.7 Å². The molecule has 1 saturated carbocycles. The first-order chi connectivity index (χ1) is 9.08. The number of hydrogen-bond donors (Lipinski definition) is 1. The van der Waals surface area contributed by atoms with Crippen LogP contribution in [0, 0.1) is 11.8 Å². The topological polar surface area (TPSA) is 35.2 Å². The van der Waals surface area contributed by atoms with Crippen LogP contribution in [0.2, 0.25) is 0 Å². The zero-order valence-electron chi connectivity index (χ0n) is 12.5. The molecule has 0 heterocycles. The maximum Gasteiger partial charge on any atom is 0.119 e. The van der Waals surface area contributed by atoms with Gasteiger partial charge in [-0.3, -0.25) is 0 Å². The predicted molar refractivity (Wildman–Crippen MR) is 80.3 cm³/mol. The second-order valence-corrected chi connectivity index (χ2v) is 6.07. The largest absolute Gasteiger partial charge is 0.494 e. The molecule has 0 radical (unpaired) electrons. The van der Waals surface area contributed by atoms with Crippen LogP contribution in [0.3, 0.4) is 0 Å². The first kappa shape index (κ1) is 14.4. The molecule has 1 aromatic rings. The molecule has 3 atom stereocenters. The van der Waals surface area contributed by atoms with Crippen molar-refractivity contribution in [1.82, 2.24) is 0 Å². The van der Waals surface area contributed by atoms with E-state index in [0.29, 0.717) is 11.8 Å². The molecule has 2 nitrogen and oxygen atoms in total. The average Bonchev–Trinajstić information content (AvgIpc) is 2.43. The van der Waals surface area contributed by atoms with Gasteiger partial charge in [0.15, 0.2) is 0 Å². The molecule has 2 N–H and O–H groups in total. The summed E-state index contributed by atoms with van der Waals surface area (Å²) in [5.41, 5.74) is 7.82. The summed E-state index contributed by atoms with van der Waals surface area (Å²) in [6.45, 7) is 7.52. The van der Waals surface area contributed by atoms with E-state index in [-0.39, 0.29) is 5.54 Å². The van der Waals surface area contributed by atoms with E-state index >= 15 is 0 Å². The zero-order valence-corrected chi connectivity index (χ0v) is 12.5. The van der Waals surface area contributed by atoms with E-state index in [1.807, 2.05) is 0 Å². The van der Waals surface area contributed by atoms with Gasteiger partial charge in [-0.2, -0.15) is 0 Å². The summed E-state index contributed by atoms with van der Waals surface area (Å²) in [7, 11) is 0. The van der Waals surface area contributed by atoms with Crippen molar-refractivity contribution < 1.29 is 4.74 Å². The van der Waals surface area contributed by atoms with E-state index in [9.17, 15) is 0 Å². The fraction of sp³-hybridized carbons (Fsp3) is 0.647. The summed E-state index contributed by atoms with van der Waals surface area (Å²) >= 11 is 0. The van der Waals surface area contributed by atoms with Crippen molar-refractivity contribution in [3.8, 4) is 5.75 Å². The molecule has 0 amide bonds. The zero-order chi connectivity index (χ0) is 13.9. The Balaban J connectivity index is 2.16. The second kappa shape index (κ2) is 5.96. The Kier molecular flexibility index (Phi) is 4.51. The summed E-state index contributed by atoms with van der Waals surface area (Å²) in [6, 6.07) is 8.43. The highest BCUT2D eigenvalue weighted by Gasteiger charge is 2.39. The Bertz CT molecular complexity index is 400. The van der Waals surface area contributed by atoms with Gasteiger partial charge in [0.05, 0.1) is 6.61 Å². The van der Waals surface area contributed by atoms with Crippen LogP contribution in [-0.2, 0) is 5.54 Å². The van der Waals surface area contributed by atoms with Crippen LogP contribution in [-0.4, -0.2) is 6.61 Å². The average molecular weight is 261 g/mol. The Morgan fingerprint density at radius 1 is 1.26 bits per heavy atom. The van der Waals surface area contributed by atoms with Gasteiger partial charge in [0.1, 0.15) is 5.75 Å². The Labute approximate surface area is 117 Å². The molecular formula is C17H27NO. The molecule has 106 valence electrons. The molecule has 1 aliphatic carbocycles. The summed E-state index contributed by atoms with van der Waals surface area (Å²) < 4.78 is 5.64. The van der Waals surface area contributed by atoms with E-state index < -0.39 is 0 Å².